The molecule has 0 amide bonds. The van der Waals surface area contributed by atoms with Crippen LogP contribution in [0.5, 0.6) is 0 Å². The molecule has 2 aromatic heterocycles. The number of rotatable bonds is 3. The first-order valence-corrected chi connectivity index (χ1v) is 5.97. The van der Waals surface area contributed by atoms with Crippen molar-refractivity contribution in [1.82, 2.24) is 9.97 Å². The van der Waals surface area contributed by atoms with E-state index in [1.165, 1.54) is 0 Å². The molecule has 0 aliphatic heterocycles. The Balaban J connectivity index is 1.92. The Morgan fingerprint density at radius 2 is 2.29 bits per heavy atom. The van der Waals surface area contributed by atoms with Crippen LogP contribution >= 0.6 is 0 Å². The van der Waals surface area contributed by atoms with Crippen molar-refractivity contribution >= 4 is 0 Å². The Bertz CT molecular complexity index is 518. The molecule has 17 heavy (non-hydrogen) atoms. The van der Waals surface area contributed by atoms with E-state index in [1.807, 2.05) is 19.1 Å². The van der Waals surface area contributed by atoms with E-state index >= 15 is 0 Å². The topological polar surface area (TPSA) is 62.1 Å². The fourth-order valence-corrected chi connectivity index (χ4v) is 2.37. The monoisotopic (exact) mass is 232 g/mol. The molecule has 0 aromatic carbocycles. The van der Waals surface area contributed by atoms with Crippen molar-refractivity contribution in [2.45, 2.75) is 31.6 Å². The van der Waals surface area contributed by atoms with Gasteiger partial charge in [-0.25, -0.2) is 4.98 Å². The maximum atomic E-state index is 9.49. The standard InChI is InChI=1S/C13H16N2O2/c1-9-3-4-11(17-9)10-7-14-12(15-10)13(8-16)5-2-6-13/h3-4,7,16H,2,5-6,8H2,1H3,(H,14,15). The quantitative estimate of drug-likeness (QED) is 0.854. The van der Waals surface area contributed by atoms with Crippen LogP contribution < -0.4 is 0 Å². The van der Waals surface area contributed by atoms with E-state index < -0.39 is 0 Å². The second kappa shape index (κ2) is 3.74. The van der Waals surface area contributed by atoms with Gasteiger partial charge in [0.1, 0.15) is 17.3 Å². The van der Waals surface area contributed by atoms with Crippen molar-refractivity contribution in [3.63, 3.8) is 0 Å². The minimum Gasteiger partial charge on any atom is -0.460 e. The van der Waals surface area contributed by atoms with Crippen molar-refractivity contribution in [1.29, 1.82) is 0 Å². The van der Waals surface area contributed by atoms with Gasteiger partial charge in [0.15, 0.2) is 5.76 Å². The van der Waals surface area contributed by atoms with Crippen LogP contribution in [-0.2, 0) is 5.41 Å². The molecule has 0 spiro atoms. The third-order valence-corrected chi connectivity index (χ3v) is 3.70. The molecule has 2 heterocycles. The first-order chi connectivity index (χ1) is 8.23. The van der Waals surface area contributed by atoms with Crippen LogP contribution in [0.4, 0.5) is 0 Å². The molecule has 90 valence electrons. The number of imidazole rings is 1. The van der Waals surface area contributed by atoms with Gasteiger partial charge >= 0.3 is 0 Å². The summed E-state index contributed by atoms with van der Waals surface area (Å²) in [5, 5.41) is 9.49. The van der Waals surface area contributed by atoms with Gasteiger partial charge in [0, 0.05) is 0 Å². The molecule has 3 rings (SSSR count). The number of hydrogen-bond donors (Lipinski definition) is 2. The molecular formula is C13H16N2O2. The molecule has 1 fully saturated rings. The number of aryl methyl sites for hydroxylation is 1. The molecule has 2 N–H and O–H groups in total. The van der Waals surface area contributed by atoms with Gasteiger partial charge in [0.25, 0.3) is 0 Å². The fourth-order valence-electron chi connectivity index (χ4n) is 2.37. The van der Waals surface area contributed by atoms with Crippen LogP contribution in [0.1, 0.15) is 30.8 Å². The van der Waals surface area contributed by atoms with E-state index in [4.69, 9.17) is 4.42 Å². The molecule has 1 aliphatic rings. The minimum atomic E-state index is -0.139. The van der Waals surface area contributed by atoms with Crippen LogP contribution in [0.2, 0.25) is 0 Å². The first-order valence-electron chi connectivity index (χ1n) is 5.97. The SMILES string of the molecule is Cc1ccc(-c2cnc(C3(CO)CCC3)[nH]2)o1. The summed E-state index contributed by atoms with van der Waals surface area (Å²) in [6, 6.07) is 3.86. The summed E-state index contributed by atoms with van der Waals surface area (Å²) in [7, 11) is 0. The van der Waals surface area contributed by atoms with E-state index in [0.29, 0.717) is 0 Å². The van der Waals surface area contributed by atoms with Gasteiger partial charge in [-0.1, -0.05) is 6.42 Å². The van der Waals surface area contributed by atoms with Gasteiger partial charge in [-0.15, -0.1) is 0 Å². The lowest BCUT2D eigenvalue weighted by Gasteiger charge is -2.38. The fraction of sp³-hybridized carbons (Fsp3) is 0.462. The Morgan fingerprint density at radius 1 is 1.47 bits per heavy atom. The second-order valence-electron chi connectivity index (χ2n) is 4.85. The van der Waals surface area contributed by atoms with Crippen LogP contribution in [0.15, 0.2) is 22.7 Å². The van der Waals surface area contributed by atoms with Crippen molar-refractivity contribution < 1.29 is 9.52 Å². The van der Waals surface area contributed by atoms with Gasteiger partial charge in [0.05, 0.1) is 18.2 Å². The number of nitrogens with one attached hydrogen (secondary N) is 1. The predicted molar refractivity (Wildman–Crippen MR) is 63.6 cm³/mol. The van der Waals surface area contributed by atoms with Crippen LogP contribution in [0, 0.1) is 6.92 Å². The molecule has 2 aromatic rings. The van der Waals surface area contributed by atoms with Gasteiger partial charge < -0.3 is 14.5 Å². The average molecular weight is 232 g/mol. The number of aliphatic hydroxyl groups is 1. The first kappa shape index (κ1) is 10.6. The van der Waals surface area contributed by atoms with Crippen LogP contribution in [-0.4, -0.2) is 21.7 Å². The number of hydrogen-bond acceptors (Lipinski definition) is 3. The Morgan fingerprint density at radius 3 is 2.82 bits per heavy atom. The highest BCUT2D eigenvalue weighted by Crippen LogP contribution is 2.42. The second-order valence-corrected chi connectivity index (χ2v) is 4.85. The van der Waals surface area contributed by atoms with Crippen LogP contribution in [0.3, 0.4) is 0 Å². The minimum absolute atomic E-state index is 0.139. The number of aromatic nitrogens is 2. The predicted octanol–water partition coefficient (Wildman–Crippen LogP) is 2.39. The third kappa shape index (κ3) is 1.60. The van der Waals surface area contributed by atoms with Crippen molar-refractivity contribution in [2.75, 3.05) is 6.61 Å². The van der Waals surface area contributed by atoms with Crippen LogP contribution in [0.25, 0.3) is 11.5 Å². The highest BCUT2D eigenvalue weighted by molar-refractivity contribution is 5.51. The Labute approximate surface area is 99.7 Å². The Hall–Kier alpha value is -1.55. The van der Waals surface area contributed by atoms with Crippen molar-refractivity contribution in [3.8, 4) is 11.5 Å². The normalized spacial score (nSPS) is 18.0. The Kier molecular flexibility index (Phi) is 2.33. The molecule has 1 saturated carbocycles. The lowest BCUT2D eigenvalue weighted by Crippen LogP contribution is -2.39. The summed E-state index contributed by atoms with van der Waals surface area (Å²) in [6.45, 7) is 2.08. The van der Waals surface area contributed by atoms with E-state index in [1.54, 1.807) is 6.20 Å². The molecule has 0 bridgehead atoms. The molecule has 4 nitrogen and oxygen atoms in total. The molecule has 0 saturated heterocycles. The van der Waals surface area contributed by atoms with Gasteiger partial charge in [-0.3, -0.25) is 0 Å². The van der Waals surface area contributed by atoms with E-state index in [-0.39, 0.29) is 12.0 Å². The summed E-state index contributed by atoms with van der Waals surface area (Å²) in [5.41, 5.74) is 0.743. The maximum absolute atomic E-state index is 9.49. The van der Waals surface area contributed by atoms with Crippen molar-refractivity contribution in [3.05, 3.63) is 29.9 Å². The van der Waals surface area contributed by atoms with E-state index in [2.05, 4.69) is 9.97 Å². The lowest BCUT2D eigenvalue weighted by atomic mass is 9.69. The largest absolute Gasteiger partial charge is 0.460 e. The zero-order valence-corrected chi connectivity index (χ0v) is 9.86. The number of furan rings is 1. The maximum Gasteiger partial charge on any atom is 0.152 e. The molecule has 0 unspecified atom stereocenters. The van der Waals surface area contributed by atoms with Gasteiger partial charge in [-0.05, 0) is 31.9 Å². The number of nitrogens with zero attached hydrogens (tertiary/aromatic N) is 1. The van der Waals surface area contributed by atoms with Gasteiger partial charge in [-0.2, -0.15) is 0 Å². The lowest BCUT2D eigenvalue weighted by molar-refractivity contribution is 0.113. The highest BCUT2D eigenvalue weighted by atomic mass is 16.3. The molecule has 0 radical (unpaired) electrons. The smallest absolute Gasteiger partial charge is 0.152 e. The third-order valence-electron chi connectivity index (χ3n) is 3.70. The number of aliphatic hydroxyl groups excluding tert-OH is 1. The molecule has 0 atom stereocenters. The number of aromatic amines is 1. The zero-order valence-electron chi connectivity index (χ0n) is 9.86. The molecular weight excluding hydrogens is 216 g/mol. The summed E-state index contributed by atoms with van der Waals surface area (Å²) < 4.78 is 5.55. The summed E-state index contributed by atoms with van der Waals surface area (Å²) in [5.74, 6) is 2.57. The summed E-state index contributed by atoms with van der Waals surface area (Å²) >= 11 is 0. The zero-order chi connectivity index (χ0) is 11.9. The summed E-state index contributed by atoms with van der Waals surface area (Å²) in [6.07, 6.45) is 4.96. The van der Waals surface area contributed by atoms with Crippen molar-refractivity contribution in [2.24, 2.45) is 0 Å². The van der Waals surface area contributed by atoms with E-state index in [0.717, 1.165) is 42.3 Å². The summed E-state index contributed by atoms with van der Waals surface area (Å²) in [4.78, 5) is 7.66. The average Bonchev–Trinajstić information content (AvgIpc) is 2.86. The van der Waals surface area contributed by atoms with Gasteiger partial charge in [0.2, 0.25) is 0 Å². The molecule has 1 aliphatic carbocycles. The molecule has 4 heteroatoms. The number of H-pyrrole nitrogens is 1. The van der Waals surface area contributed by atoms with E-state index in [9.17, 15) is 5.11 Å². The highest BCUT2D eigenvalue weighted by Gasteiger charge is 2.40.